The molecule has 0 aliphatic heterocycles. The van der Waals surface area contributed by atoms with Gasteiger partial charge in [-0.2, -0.15) is 10.2 Å². The van der Waals surface area contributed by atoms with Gasteiger partial charge in [-0.25, -0.2) is 0 Å². The highest BCUT2D eigenvalue weighted by atomic mass is 31.1. The van der Waals surface area contributed by atoms with Crippen LogP contribution >= 0.6 is 8.58 Å². The number of fused-ring (bicyclic) bond motifs is 1. The molecule has 0 atom stereocenters. The Morgan fingerprint density at radius 3 is 1.83 bits per heavy atom. The molecule has 0 fully saturated rings. The smallest absolute Gasteiger partial charge is 0.0417 e. The molecule has 0 amide bonds. The first-order valence-corrected chi connectivity index (χ1v) is 16.5. The van der Waals surface area contributed by atoms with Crippen molar-refractivity contribution in [1.29, 1.82) is 0 Å². The van der Waals surface area contributed by atoms with Crippen LogP contribution in [0.5, 0.6) is 0 Å². The van der Waals surface area contributed by atoms with Gasteiger partial charge in [-0.3, -0.25) is 0 Å². The standard InChI is InChI=1S/C19H31NPSi2/c1-20(2)16-13-9-11-15-12-10-14-17(18(15)16)21-19(22(3,4)5)23(6,7)8/h9-14,19H,1-8H3/q-1. The zero-order chi connectivity index (χ0) is 17.4. The summed E-state index contributed by atoms with van der Waals surface area (Å²) in [5, 5.41) is 4.33. The van der Waals surface area contributed by atoms with Crippen LogP contribution in [0.2, 0.25) is 39.3 Å². The second-order valence-corrected chi connectivity index (χ2v) is 22.2. The summed E-state index contributed by atoms with van der Waals surface area (Å²) in [5.41, 5.74) is 1.34. The molecule has 0 spiro atoms. The SMILES string of the molecule is CN(C)c1cccc2cccc([P-]C([Si](C)(C)C)[Si](C)(C)C)c12. The van der Waals surface area contributed by atoms with E-state index < -0.39 is 16.1 Å². The Hall–Kier alpha value is -0.636. The number of rotatable bonds is 5. The average molecular weight is 361 g/mol. The molecule has 0 unspecified atom stereocenters. The first kappa shape index (κ1) is 18.7. The number of hydrogen-bond acceptors (Lipinski definition) is 1. The number of anilines is 1. The summed E-state index contributed by atoms with van der Waals surface area (Å²) in [6, 6.07) is 13.5. The first-order chi connectivity index (χ1) is 10.5. The maximum absolute atomic E-state index is 2.54. The lowest BCUT2D eigenvalue weighted by Crippen LogP contribution is -2.51. The molecule has 23 heavy (non-hydrogen) atoms. The normalized spacial score (nSPS) is 13.4. The van der Waals surface area contributed by atoms with Gasteiger partial charge in [-0.05, 0) is 16.8 Å². The van der Waals surface area contributed by atoms with Crippen molar-refractivity contribution in [1.82, 2.24) is 0 Å². The van der Waals surface area contributed by atoms with Crippen molar-refractivity contribution >= 4 is 46.5 Å². The summed E-state index contributed by atoms with van der Waals surface area (Å²) in [5.74, 6) is 0. The van der Waals surface area contributed by atoms with Gasteiger partial charge in [0.05, 0.1) is 0 Å². The highest BCUT2D eigenvalue weighted by molar-refractivity contribution is 7.56. The van der Waals surface area contributed by atoms with Crippen molar-refractivity contribution in [3.63, 3.8) is 0 Å². The molecule has 2 aromatic carbocycles. The lowest BCUT2D eigenvalue weighted by molar-refractivity contribution is 1.14. The molecular weight excluding hydrogens is 329 g/mol. The fourth-order valence-electron chi connectivity index (χ4n) is 3.61. The molecule has 126 valence electrons. The third-order valence-corrected chi connectivity index (χ3v) is 19.1. The summed E-state index contributed by atoms with van der Waals surface area (Å²) in [7, 11) is 3.45. The van der Waals surface area contributed by atoms with Gasteiger partial charge < -0.3 is 13.5 Å². The lowest BCUT2D eigenvalue weighted by Gasteiger charge is -2.49. The van der Waals surface area contributed by atoms with Crippen molar-refractivity contribution in [3.05, 3.63) is 36.4 Å². The van der Waals surface area contributed by atoms with Gasteiger partial charge in [-0.15, -0.1) is 0 Å². The fraction of sp³-hybridized carbons (Fsp3) is 0.474. The van der Waals surface area contributed by atoms with Gasteiger partial charge in [0.1, 0.15) is 0 Å². The summed E-state index contributed by atoms with van der Waals surface area (Å²) in [6.07, 6.45) is 0. The van der Waals surface area contributed by atoms with E-state index in [4.69, 9.17) is 0 Å². The number of nitrogens with zero attached hydrogens (tertiary/aromatic N) is 1. The first-order valence-electron chi connectivity index (χ1n) is 8.42. The van der Waals surface area contributed by atoms with Crippen LogP contribution in [0.4, 0.5) is 5.69 Å². The second-order valence-electron chi connectivity index (χ2n) is 8.81. The van der Waals surface area contributed by atoms with Gasteiger partial charge >= 0.3 is 0 Å². The highest BCUT2D eigenvalue weighted by Gasteiger charge is 2.30. The Morgan fingerprint density at radius 2 is 1.35 bits per heavy atom. The second kappa shape index (κ2) is 6.70. The van der Waals surface area contributed by atoms with Crippen molar-refractivity contribution < 1.29 is 0 Å². The maximum Gasteiger partial charge on any atom is 0.0417 e. The molecule has 0 saturated carbocycles. The molecule has 0 bridgehead atoms. The fourth-order valence-corrected chi connectivity index (χ4v) is 18.8. The summed E-state index contributed by atoms with van der Waals surface area (Å²) < 4.78 is 0. The molecule has 1 nitrogen and oxygen atoms in total. The molecular formula is C19H31NPSi2-. The summed E-state index contributed by atoms with van der Waals surface area (Å²) >= 11 is 0. The predicted molar refractivity (Wildman–Crippen MR) is 115 cm³/mol. The molecule has 0 N–H and O–H groups in total. The van der Waals surface area contributed by atoms with Crippen molar-refractivity contribution in [2.45, 2.75) is 44.2 Å². The Bertz CT molecular complexity index is 665. The van der Waals surface area contributed by atoms with E-state index in [2.05, 4.69) is 94.7 Å². The van der Waals surface area contributed by atoms with E-state index in [1.165, 1.54) is 21.8 Å². The summed E-state index contributed by atoms with van der Waals surface area (Å²) in [6.45, 7) is 15.3. The van der Waals surface area contributed by atoms with E-state index in [0.717, 1.165) is 4.91 Å². The predicted octanol–water partition coefficient (Wildman–Crippen LogP) is 5.60. The average Bonchev–Trinajstić information content (AvgIpc) is 2.41. The minimum absolute atomic E-state index is 0.871. The summed E-state index contributed by atoms with van der Waals surface area (Å²) in [4.78, 5) is 3.12. The Labute approximate surface area is 146 Å². The van der Waals surface area contributed by atoms with E-state index in [1.54, 1.807) is 8.58 Å². The Morgan fingerprint density at radius 1 is 0.826 bits per heavy atom. The largest absolute Gasteiger partial charge is 0.508 e. The van der Waals surface area contributed by atoms with Crippen LogP contribution in [-0.2, 0) is 0 Å². The molecule has 0 radical (unpaired) electrons. The monoisotopic (exact) mass is 360 g/mol. The molecule has 0 aliphatic rings. The minimum Gasteiger partial charge on any atom is -0.508 e. The van der Waals surface area contributed by atoms with Crippen LogP contribution < -0.4 is 10.2 Å². The molecule has 0 heterocycles. The molecule has 2 rings (SSSR count). The van der Waals surface area contributed by atoms with Crippen LogP contribution in [-0.4, -0.2) is 35.1 Å². The van der Waals surface area contributed by atoms with Crippen molar-refractivity contribution in [2.24, 2.45) is 0 Å². The van der Waals surface area contributed by atoms with Gasteiger partial charge in [0, 0.05) is 35.9 Å². The maximum atomic E-state index is 2.54. The lowest BCUT2D eigenvalue weighted by atomic mass is 10.1. The third-order valence-electron chi connectivity index (χ3n) is 4.25. The van der Waals surface area contributed by atoms with E-state index >= 15 is 0 Å². The zero-order valence-electron chi connectivity index (χ0n) is 15.9. The Kier molecular flexibility index (Phi) is 5.45. The van der Waals surface area contributed by atoms with E-state index in [9.17, 15) is 0 Å². The third kappa shape index (κ3) is 4.26. The topological polar surface area (TPSA) is 3.24 Å². The number of hydrogen-bond donors (Lipinski definition) is 0. The quantitative estimate of drug-likeness (QED) is 0.495. The van der Waals surface area contributed by atoms with E-state index in [-0.39, 0.29) is 0 Å². The van der Waals surface area contributed by atoms with Gasteiger partial charge in [-0.1, -0.05) is 69.6 Å². The van der Waals surface area contributed by atoms with Crippen LogP contribution in [0, 0.1) is 0 Å². The van der Waals surface area contributed by atoms with Crippen LogP contribution in [0.15, 0.2) is 36.4 Å². The molecule has 0 saturated heterocycles. The van der Waals surface area contributed by atoms with Crippen LogP contribution in [0.3, 0.4) is 0 Å². The zero-order valence-corrected chi connectivity index (χ0v) is 18.8. The number of benzene rings is 2. The van der Waals surface area contributed by atoms with E-state index in [0.29, 0.717) is 0 Å². The molecule has 2 aromatic rings. The van der Waals surface area contributed by atoms with Gasteiger partial charge in [0.2, 0.25) is 0 Å². The minimum atomic E-state index is -1.20. The van der Waals surface area contributed by atoms with Crippen molar-refractivity contribution in [3.8, 4) is 0 Å². The van der Waals surface area contributed by atoms with Crippen LogP contribution in [0.25, 0.3) is 10.8 Å². The van der Waals surface area contributed by atoms with Crippen LogP contribution in [0.1, 0.15) is 0 Å². The Balaban J connectivity index is 2.59. The van der Waals surface area contributed by atoms with Gasteiger partial charge in [0.15, 0.2) is 0 Å². The highest BCUT2D eigenvalue weighted by Crippen LogP contribution is 2.38. The van der Waals surface area contributed by atoms with Gasteiger partial charge in [0.25, 0.3) is 0 Å². The van der Waals surface area contributed by atoms with E-state index in [1.807, 2.05) is 0 Å². The molecule has 0 aromatic heterocycles. The molecule has 0 aliphatic carbocycles. The molecule has 4 heteroatoms. The van der Waals surface area contributed by atoms with Crippen molar-refractivity contribution in [2.75, 3.05) is 19.0 Å².